The smallest absolute Gasteiger partial charge is 0.244 e. The van der Waals surface area contributed by atoms with Crippen molar-refractivity contribution in [2.45, 2.75) is 30.7 Å². The molecule has 1 amide bonds. The molecule has 0 spiro atoms. The summed E-state index contributed by atoms with van der Waals surface area (Å²) in [6, 6.07) is 20.1. The maximum Gasteiger partial charge on any atom is 0.244 e. The molecule has 1 fully saturated rings. The van der Waals surface area contributed by atoms with E-state index in [4.69, 9.17) is 0 Å². The fraction of sp³-hybridized carbons (Fsp3) is 0.200. The van der Waals surface area contributed by atoms with E-state index in [0.717, 1.165) is 27.6 Å². The van der Waals surface area contributed by atoms with Gasteiger partial charge in [-0.3, -0.25) is 4.79 Å². The number of aromatic nitrogens is 1. The average molecular weight is 478 g/mol. The van der Waals surface area contributed by atoms with E-state index in [0.29, 0.717) is 24.5 Å². The Morgan fingerprint density at radius 2 is 1.82 bits per heavy atom. The predicted octanol–water partition coefficient (Wildman–Crippen LogP) is 5.06. The number of sulfonamides is 1. The normalized spacial score (nSPS) is 16.8. The number of aryl methyl sites for hydroxylation is 1. The first kappa shape index (κ1) is 21.8. The zero-order valence-electron chi connectivity index (χ0n) is 18.1. The van der Waals surface area contributed by atoms with Crippen LogP contribution in [-0.4, -0.2) is 36.2 Å². The molecule has 1 aliphatic rings. The fourth-order valence-corrected chi connectivity index (χ4v) is 6.60. The number of rotatable bonds is 5. The Labute approximate surface area is 197 Å². The van der Waals surface area contributed by atoms with Gasteiger partial charge in [-0.2, -0.15) is 4.31 Å². The zero-order valence-corrected chi connectivity index (χ0v) is 19.7. The number of benzene rings is 3. The molecule has 0 radical (unpaired) electrons. The first-order valence-corrected chi connectivity index (χ1v) is 13.1. The number of anilines is 1. The summed E-state index contributed by atoms with van der Waals surface area (Å²) in [6.07, 6.45) is 1.13. The van der Waals surface area contributed by atoms with Crippen molar-refractivity contribution in [3.8, 4) is 11.3 Å². The zero-order chi connectivity index (χ0) is 23.0. The Balaban J connectivity index is 1.37. The van der Waals surface area contributed by atoms with Gasteiger partial charge in [-0.25, -0.2) is 13.4 Å². The van der Waals surface area contributed by atoms with Crippen LogP contribution in [0.3, 0.4) is 0 Å². The molecule has 2 heterocycles. The average Bonchev–Trinajstić information content (AvgIpc) is 3.49. The SMILES string of the molecule is Cc1ccc(S(=O)(=O)N2CCCC2C(=O)Nc2nc(-c3cccc4ccccc34)cs2)cc1. The van der Waals surface area contributed by atoms with Crippen molar-refractivity contribution >= 4 is 43.2 Å². The maximum absolute atomic E-state index is 13.2. The molecular weight excluding hydrogens is 454 g/mol. The molecule has 1 N–H and O–H groups in total. The largest absolute Gasteiger partial charge is 0.301 e. The quantitative estimate of drug-likeness (QED) is 0.436. The van der Waals surface area contributed by atoms with Gasteiger partial charge < -0.3 is 5.32 Å². The number of carbonyl (C=O) groups excluding carboxylic acids is 1. The Morgan fingerprint density at radius 3 is 2.64 bits per heavy atom. The molecule has 33 heavy (non-hydrogen) atoms. The highest BCUT2D eigenvalue weighted by Gasteiger charge is 2.39. The number of nitrogens with one attached hydrogen (secondary N) is 1. The molecule has 4 aromatic rings. The number of hydrogen-bond donors (Lipinski definition) is 1. The molecule has 8 heteroatoms. The molecule has 0 bridgehead atoms. The topological polar surface area (TPSA) is 79.4 Å². The van der Waals surface area contributed by atoms with E-state index >= 15 is 0 Å². The minimum absolute atomic E-state index is 0.209. The molecule has 0 aliphatic carbocycles. The summed E-state index contributed by atoms with van der Waals surface area (Å²) >= 11 is 1.34. The Hall–Kier alpha value is -3.07. The van der Waals surface area contributed by atoms with Crippen LogP contribution in [0.25, 0.3) is 22.0 Å². The summed E-state index contributed by atoms with van der Waals surface area (Å²) in [5, 5.41) is 7.43. The molecule has 1 saturated heterocycles. The third kappa shape index (κ3) is 4.17. The second kappa shape index (κ2) is 8.70. The van der Waals surface area contributed by atoms with Crippen LogP contribution in [0.5, 0.6) is 0 Å². The van der Waals surface area contributed by atoms with E-state index in [1.165, 1.54) is 15.6 Å². The Morgan fingerprint density at radius 1 is 1.06 bits per heavy atom. The molecule has 1 atom stereocenters. The van der Waals surface area contributed by atoms with E-state index in [9.17, 15) is 13.2 Å². The van der Waals surface area contributed by atoms with Crippen LogP contribution in [-0.2, 0) is 14.8 Å². The lowest BCUT2D eigenvalue weighted by Gasteiger charge is -2.23. The summed E-state index contributed by atoms with van der Waals surface area (Å²) in [4.78, 5) is 17.9. The summed E-state index contributed by atoms with van der Waals surface area (Å²) in [5.41, 5.74) is 2.76. The van der Waals surface area contributed by atoms with Gasteiger partial charge in [-0.05, 0) is 42.7 Å². The summed E-state index contributed by atoms with van der Waals surface area (Å²) in [7, 11) is -3.75. The first-order chi connectivity index (χ1) is 15.9. The van der Waals surface area contributed by atoms with Gasteiger partial charge in [0.25, 0.3) is 0 Å². The van der Waals surface area contributed by atoms with Crippen LogP contribution < -0.4 is 5.32 Å². The lowest BCUT2D eigenvalue weighted by molar-refractivity contribution is -0.119. The number of fused-ring (bicyclic) bond motifs is 1. The van der Waals surface area contributed by atoms with E-state index in [-0.39, 0.29) is 10.8 Å². The number of hydrogen-bond acceptors (Lipinski definition) is 5. The highest BCUT2D eigenvalue weighted by molar-refractivity contribution is 7.89. The standard InChI is InChI=1S/C25H23N3O3S2/c1-17-11-13-19(14-12-17)33(30,31)28-15-5-10-23(28)24(29)27-25-26-22(16-32-25)21-9-4-7-18-6-2-3-8-20(18)21/h2-4,6-9,11-14,16,23H,5,10,15H2,1H3,(H,26,27,29). The molecule has 1 unspecified atom stereocenters. The van der Waals surface area contributed by atoms with Crippen molar-refractivity contribution in [1.29, 1.82) is 0 Å². The van der Waals surface area contributed by atoms with Crippen LogP contribution in [0, 0.1) is 6.92 Å². The molecule has 3 aromatic carbocycles. The van der Waals surface area contributed by atoms with Crippen LogP contribution in [0.2, 0.25) is 0 Å². The van der Waals surface area contributed by atoms with Gasteiger partial charge in [0.05, 0.1) is 10.6 Å². The van der Waals surface area contributed by atoms with Crippen molar-refractivity contribution in [2.75, 3.05) is 11.9 Å². The molecule has 6 nitrogen and oxygen atoms in total. The van der Waals surface area contributed by atoms with E-state index in [1.54, 1.807) is 24.3 Å². The molecular formula is C25H23N3O3S2. The second-order valence-corrected chi connectivity index (χ2v) is 10.9. The van der Waals surface area contributed by atoms with Crippen LogP contribution in [0.4, 0.5) is 5.13 Å². The third-order valence-corrected chi connectivity index (χ3v) is 8.61. The van der Waals surface area contributed by atoms with Crippen LogP contribution in [0.15, 0.2) is 77.0 Å². The minimum atomic E-state index is -3.75. The highest BCUT2D eigenvalue weighted by atomic mass is 32.2. The predicted molar refractivity (Wildman–Crippen MR) is 132 cm³/mol. The van der Waals surface area contributed by atoms with Crippen molar-refractivity contribution in [3.63, 3.8) is 0 Å². The van der Waals surface area contributed by atoms with E-state index in [1.807, 2.05) is 36.6 Å². The van der Waals surface area contributed by atoms with Crippen LogP contribution >= 0.6 is 11.3 Å². The molecule has 0 saturated carbocycles. The van der Waals surface area contributed by atoms with Gasteiger partial charge in [-0.15, -0.1) is 11.3 Å². The molecule has 168 valence electrons. The van der Waals surface area contributed by atoms with Crippen molar-refractivity contribution < 1.29 is 13.2 Å². The molecule has 1 aromatic heterocycles. The van der Waals surface area contributed by atoms with Crippen molar-refractivity contribution in [1.82, 2.24) is 9.29 Å². The van der Waals surface area contributed by atoms with Crippen molar-refractivity contribution in [3.05, 3.63) is 77.7 Å². The third-order valence-electron chi connectivity index (χ3n) is 5.93. The lowest BCUT2D eigenvalue weighted by atomic mass is 10.0. The van der Waals surface area contributed by atoms with Gasteiger partial charge in [0.2, 0.25) is 15.9 Å². The lowest BCUT2D eigenvalue weighted by Crippen LogP contribution is -2.43. The van der Waals surface area contributed by atoms with E-state index in [2.05, 4.69) is 28.5 Å². The Bertz CT molecular complexity index is 1420. The summed E-state index contributed by atoms with van der Waals surface area (Å²) < 4.78 is 27.6. The Kier molecular flexibility index (Phi) is 5.74. The summed E-state index contributed by atoms with van der Waals surface area (Å²) in [6.45, 7) is 2.23. The van der Waals surface area contributed by atoms with Gasteiger partial charge in [0, 0.05) is 17.5 Å². The van der Waals surface area contributed by atoms with Gasteiger partial charge in [-0.1, -0.05) is 60.2 Å². The maximum atomic E-state index is 13.2. The highest BCUT2D eigenvalue weighted by Crippen LogP contribution is 2.32. The fourth-order valence-electron chi connectivity index (χ4n) is 4.23. The van der Waals surface area contributed by atoms with E-state index < -0.39 is 16.1 Å². The number of nitrogens with zero attached hydrogens (tertiary/aromatic N) is 2. The second-order valence-electron chi connectivity index (χ2n) is 8.14. The first-order valence-electron chi connectivity index (χ1n) is 10.8. The monoisotopic (exact) mass is 477 g/mol. The molecule has 1 aliphatic heterocycles. The van der Waals surface area contributed by atoms with Gasteiger partial charge in [0.1, 0.15) is 6.04 Å². The number of thiazole rings is 1. The van der Waals surface area contributed by atoms with Gasteiger partial charge in [0.15, 0.2) is 5.13 Å². The van der Waals surface area contributed by atoms with Crippen molar-refractivity contribution in [2.24, 2.45) is 0 Å². The van der Waals surface area contributed by atoms with Gasteiger partial charge >= 0.3 is 0 Å². The minimum Gasteiger partial charge on any atom is -0.301 e. The molecule has 5 rings (SSSR count). The summed E-state index contributed by atoms with van der Waals surface area (Å²) in [5.74, 6) is -0.345. The van der Waals surface area contributed by atoms with Crippen LogP contribution in [0.1, 0.15) is 18.4 Å². The number of amides is 1. The number of carbonyl (C=O) groups is 1.